The molecule has 1 rings (SSSR count). The van der Waals surface area contributed by atoms with Crippen LogP contribution < -0.4 is 0 Å². The number of hydrogen-bond acceptors (Lipinski definition) is 3. The number of nitrogens with zero attached hydrogens (tertiary/aromatic N) is 1. The van der Waals surface area contributed by atoms with Gasteiger partial charge in [0.2, 0.25) is 0 Å². The van der Waals surface area contributed by atoms with Gasteiger partial charge in [-0.15, -0.1) is 0 Å². The van der Waals surface area contributed by atoms with E-state index in [0.717, 1.165) is 0 Å². The van der Waals surface area contributed by atoms with Gasteiger partial charge in [0.05, 0.1) is 0 Å². The van der Waals surface area contributed by atoms with Gasteiger partial charge in [-0.1, -0.05) is 0 Å². The van der Waals surface area contributed by atoms with Crippen molar-refractivity contribution in [3.05, 3.63) is 0 Å². The van der Waals surface area contributed by atoms with Gasteiger partial charge < -0.3 is 9.57 Å². The van der Waals surface area contributed by atoms with E-state index in [-0.39, 0.29) is 5.90 Å². The maximum atomic E-state index is 12.3. The first-order valence-corrected chi connectivity index (χ1v) is 2.77. The van der Waals surface area contributed by atoms with Gasteiger partial charge in [0.15, 0.2) is 12.8 Å². The zero-order valence-electron chi connectivity index (χ0n) is 5.13. The molecule has 0 amide bonds. The lowest BCUT2D eigenvalue weighted by molar-refractivity contribution is 0.0556. The summed E-state index contributed by atoms with van der Waals surface area (Å²) in [6.45, 7) is 2.16. The Labute approximate surface area is 52.4 Å². The largest absolute Gasteiger partial charge is 0.473 e. The standard InChI is InChI=1S/C5H8FNO2/c1-4(6)5-7-9-3-2-8-5/h4H,2-3H2,1H3. The van der Waals surface area contributed by atoms with E-state index in [4.69, 9.17) is 4.74 Å². The van der Waals surface area contributed by atoms with Crippen LogP contribution in [0.15, 0.2) is 5.16 Å². The van der Waals surface area contributed by atoms with Crippen LogP contribution in [0.4, 0.5) is 4.39 Å². The van der Waals surface area contributed by atoms with Crippen LogP contribution in [0.25, 0.3) is 0 Å². The average molecular weight is 133 g/mol. The second-order valence-electron chi connectivity index (χ2n) is 1.73. The quantitative estimate of drug-likeness (QED) is 0.527. The summed E-state index contributed by atoms with van der Waals surface area (Å²) < 4.78 is 17.0. The third-order valence-electron chi connectivity index (χ3n) is 0.919. The van der Waals surface area contributed by atoms with Crippen molar-refractivity contribution in [1.29, 1.82) is 0 Å². The van der Waals surface area contributed by atoms with Crippen molar-refractivity contribution in [2.24, 2.45) is 5.16 Å². The van der Waals surface area contributed by atoms with E-state index in [9.17, 15) is 4.39 Å². The molecular weight excluding hydrogens is 125 g/mol. The fraction of sp³-hybridized carbons (Fsp3) is 0.800. The Bertz CT molecular complexity index is 124. The minimum atomic E-state index is -1.16. The highest BCUT2D eigenvalue weighted by atomic mass is 19.1. The molecule has 1 aliphatic rings. The molecule has 0 saturated carbocycles. The maximum absolute atomic E-state index is 12.3. The third kappa shape index (κ3) is 1.55. The SMILES string of the molecule is CC(F)C1=NOCCO1. The van der Waals surface area contributed by atoms with Crippen LogP contribution in [0.3, 0.4) is 0 Å². The molecule has 3 nitrogen and oxygen atoms in total. The molecular formula is C5H8FNO2. The van der Waals surface area contributed by atoms with Gasteiger partial charge in [-0.05, 0) is 12.1 Å². The Morgan fingerprint density at radius 3 is 2.78 bits per heavy atom. The topological polar surface area (TPSA) is 30.8 Å². The number of oxime groups is 1. The molecule has 9 heavy (non-hydrogen) atoms. The Hall–Kier alpha value is -0.800. The molecule has 4 heteroatoms. The summed E-state index contributed by atoms with van der Waals surface area (Å²) in [6, 6.07) is 0. The molecule has 0 aromatic rings. The molecule has 0 saturated heterocycles. The molecule has 0 spiro atoms. The van der Waals surface area contributed by atoms with Crippen LogP contribution in [-0.2, 0) is 9.57 Å². The zero-order chi connectivity index (χ0) is 6.69. The van der Waals surface area contributed by atoms with Crippen LogP contribution >= 0.6 is 0 Å². The predicted octanol–water partition coefficient (Wildman–Crippen LogP) is 0.705. The summed E-state index contributed by atoms with van der Waals surface area (Å²) in [7, 11) is 0. The number of halogens is 1. The molecule has 0 N–H and O–H groups in total. The van der Waals surface area contributed by atoms with Crippen molar-refractivity contribution < 1.29 is 14.0 Å². The van der Waals surface area contributed by atoms with E-state index >= 15 is 0 Å². The number of rotatable bonds is 1. The van der Waals surface area contributed by atoms with Gasteiger partial charge in [-0.25, -0.2) is 4.39 Å². The molecule has 52 valence electrons. The van der Waals surface area contributed by atoms with Crippen LogP contribution in [0, 0.1) is 0 Å². The zero-order valence-corrected chi connectivity index (χ0v) is 5.13. The molecule has 0 radical (unpaired) electrons. The van der Waals surface area contributed by atoms with E-state index in [1.165, 1.54) is 6.92 Å². The Morgan fingerprint density at radius 1 is 1.67 bits per heavy atom. The maximum Gasteiger partial charge on any atom is 0.260 e. The van der Waals surface area contributed by atoms with Crippen molar-refractivity contribution in [3.63, 3.8) is 0 Å². The minimum absolute atomic E-state index is 0.0428. The summed E-state index contributed by atoms with van der Waals surface area (Å²) in [5, 5.41) is 3.35. The smallest absolute Gasteiger partial charge is 0.260 e. The summed E-state index contributed by atoms with van der Waals surface area (Å²) in [6.07, 6.45) is -1.16. The molecule has 1 heterocycles. The average Bonchev–Trinajstić information content (AvgIpc) is 1.90. The summed E-state index contributed by atoms with van der Waals surface area (Å²) in [5.41, 5.74) is 0. The van der Waals surface area contributed by atoms with Gasteiger partial charge >= 0.3 is 0 Å². The van der Waals surface area contributed by atoms with E-state index in [1.807, 2.05) is 0 Å². The van der Waals surface area contributed by atoms with Crippen molar-refractivity contribution in [2.45, 2.75) is 13.1 Å². The second kappa shape index (κ2) is 2.66. The van der Waals surface area contributed by atoms with E-state index in [2.05, 4.69) is 9.99 Å². The third-order valence-corrected chi connectivity index (χ3v) is 0.919. The van der Waals surface area contributed by atoms with Crippen molar-refractivity contribution in [1.82, 2.24) is 0 Å². The molecule has 0 aromatic heterocycles. The van der Waals surface area contributed by atoms with Crippen LogP contribution in [0.2, 0.25) is 0 Å². The normalized spacial score (nSPS) is 21.3. The van der Waals surface area contributed by atoms with Crippen LogP contribution in [-0.4, -0.2) is 25.3 Å². The minimum Gasteiger partial charge on any atom is -0.473 e. The first kappa shape index (κ1) is 6.32. The number of ether oxygens (including phenoxy) is 1. The Morgan fingerprint density at radius 2 is 2.44 bits per heavy atom. The lowest BCUT2D eigenvalue weighted by Crippen LogP contribution is -2.22. The van der Waals surface area contributed by atoms with Crippen molar-refractivity contribution in [3.8, 4) is 0 Å². The van der Waals surface area contributed by atoms with Gasteiger partial charge in [-0.2, -0.15) is 0 Å². The van der Waals surface area contributed by atoms with Gasteiger partial charge in [0.25, 0.3) is 5.90 Å². The molecule has 0 aromatic carbocycles. The van der Waals surface area contributed by atoms with E-state index in [0.29, 0.717) is 13.2 Å². The monoisotopic (exact) mass is 133 g/mol. The Kier molecular flexibility index (Phi) is 1.87. The number of hydrogen-bond donors (Lipinski definition) is 0. The molecule has 0 aliphatic carbocycles. The van der Waals surface area contributed by atoms with Crippen LogP contribution in [0.1, 0.15) is 6.92 Å². The molecule has 0 bridgehead atoms. The Balaban J connectivity index is 2.46. The summed E-state index contributed by atoms with van der Waals surface area (Å²) in [4.78, 5) is 4.57. The van der Waals surface area contributed by atoms with Crippen molar-refractivity contribution >= 4 is 5.90 Å². The van der Waals surface area contributed by atoms with E-state index < -0.39 is 6.17 Å². The lowest BCUT2D eigenvalue weighted by Gasteiger charge is -2.13. The summed E-state index contributed by atoms with van der Waals surface area (Å²) in [5.74, 6) is 0.0428. The molecule has 0 fully saturated rings. The molecule has 1 unspecified atom stereocenters. The van der Waals surface area contributed by atoms with Crippen molar-refractivity contribution in [2.75, 3.05) is 13.2 Å². The van der Waals surface area contributed by atoms with Gasteiger partial charge in [0, 0.05) is 0 Å². The predicted molar refractivity (Wildman–Crippen MR) is 29.9 cm³/mol. The van der Waals surface area contributed by atoms with Gasteiger partial charge in [-0.3, -0.25) is 0 Å². The first-order chi connectivity index (χ1) is 4.30. The highest BCUT2D eigenvalue weighted by molar-refractivity contribution is 5.79. The fourth-order valence-corrected chi connectivity index (χ4v) is 0.507. The van der Waals surface area contributed by atoms with Gasteiger partial charge in [0.1, 0.15) is 6.61 Å². The fourth-order valence-electron chi connectivity index (χ4n) is 0.507. The number of alkyl halides is 1. The second-order valence-corrected chi connectivity index (χ2v) is 1.73. The van der Waals surface area contributed by atoms with E-state index in [1.54, 1.807) is 0 Å². The lowest BCUT2D eigenvalue weighted by atomic mass is 10.4. The highest BCUT2D eigenvalue weighted by Gasteiger charge is 2.13. The first-order valence-electron chi connectivity index (χ1n) is 2.77. The molecule has 1 aliphatic heterocycles. The van der Waals surface area contributed by atoms with Crippen LogP contribution in [0.5, 0.6) is 0 Å². The molecule has 1 atom stereocenters. The highest BCUT2D eigenvalue weighted by Crippen LogP contribution is 2.00. The summed E-state index contributed by atoms with van der Waals surface area (Å²) >= 11 is 0.